The molecule has 0 saturated heterocycles. The van der Waals surface area contributed by atoms with E-state index in [-0.39, 0.29) is 11.3 Å². The van der Waals surface area contributed by atoms with Crippen molar-refractivity contribution in [3.05, 3.63) is 35.6 Å². The molecule has 0 aromatic heterocycles. The van der Waals surface area contributed by atoms with Gasteiger partial charge in [0.05, 0.1) is 7.11 Å². The highest BCUT2D eigenvalue weighted by molar-refractivity contribution is 6.20. The molecule has 0 bridgehead atoms. The predicted molar refractivity (Wildman–Crippen MR) is 60.6 cm³/mol. The Bertz CT molecular complexity index is 526. The number of aliphatic hydroxyl groups excluding tert-OH is 1. The Kier molecular flexibility index (Phi) is 1.96. The van der Waals surface area contributed by atoms with Crippen LogP contribution in [0.25, 0.3) is 5.57 Å². The highest BCUT2D eigenvalue weighted by Crippen LogP contribution is 2.52. The maximum atomic E-state index is 11.8. The van der Waals surface area contributed by atoms with Crippen LogP contribution < -0.4 is 4.74 Å². The fraction of sp³-hybridized carbons (Fsp3) is 0.308. The van der Waals surface area contributed by atoms with Crippen LogP contribution in [0.1, 0.15) is 18.4 Å². The average molecular weight is 232 g/mol. The van der Waals surface area contributed by atoms with Crippen LogP contribution in [0.5, 0.6) is 5.75 Å². The van der Waals surface area contributed by atoms with Gasteiger partial charge in [-0.05, 0) is 30.5 Å². The molecule has 3 rings (SSSR count). The van der Waals surface area contributed by atoms with E-state index in [2.05, 4.69) is 0 Å². The standard InChI is InChI=1S/C13H12O4/c1-16-9-4-2-3-8(7-9)10-11(14)13(5-6-13)17-12(10)15/h2-4,7,14H,5-6H2,1H3. The molecule has 0 atom stereocenters. The molecule has 1 heterocycles. The molecule has 1 aliphatic carbocycles. The Morgan fingerprint density at radius 2 is 2.18 bits per heavy atom. The van der Waals surface area contributed by atoms with Crippen molar-refractivity contribution >= 4 is 11.5 Å². The van der Waals surface area contributed by atoms with E-state index in [4.69, 9.17) is 9.47 Å². The molecule has 1 aromatic rings. The summed E-state index contributed by atoms with van der Waals surface area (Å²) in [6, 6.07) is 7.04. The topological polar surface area (TPSA) is 55.8 Å². The lowest BCUT2D eigenvalue weighted by Crippen LogP contribution is -2.11. The first kappa shape index (κ1) is 10.2. The number of hydrogen-bond donors (Lipinski definition) is 1. The lowest BCUT2D eigenvalue weighted by atomic mass is 10.0. The molecule has 2 aliphatic rings. The third-order valence-electron chi connectivity index (χ3n) is 3.22. The zero-order valence-electron chi connectivity index (χ0n) is 9.40. The minimum atomic E-state index is -0.713. The van der Waals surface area contributed by atoms with Gasteiger partial charge in [0.15, 0.2) is 11.4 Å². The number of esters is 1. The smallest absolute Gasteiger partial charge is 0.343 e. The third-order valence-corrected chi connectivity index (χ3v) is 3.22. The summed E-state index contributed by atoms with van der Waals surface area (Å²) in [4.78, 5) is 11.8. The Hall–Kier alpha value is -1.97. The molecule has 1 fully saturated rings. The SMILES string of the molecule is COc1cccc(C2=C(O)C3(CC3)OC2=O)c1. The van der Waals surface area contributed by atoms with E-state index in [1.165, 1.54) is 0 Å². The quantitative estimate of drug-likeness (QED) is 0.793. The molecule has 1 N–H and O–H groups in total. The van der Waals surface area contributed by atoms with Crippen LogP contribution in [0.2, 0.25) is 0 Å². The van der Waals surface area contributed by atoms with Crippen LogP contribution >= 0.6 is 0 Å². The average Bonchev–Trinajstić information content (AvgIpc) is 3.05. The van der Waals surface area contributed by atoms with Crippen LogP contribution in [-0.2, 0) is 9.53 Å². The number of carbonyl (C=O) groups excluding carboxylic acids is 1. The highest BCUT2D eigenvalue weighted by atomic mass is 16.6. The van der Waals surface area contributed by atoms with E-state index in [1.54, 1.807) is 31.4 Å². The number of carbonyl (C=O) groups is 1. The summed E-state index contributed by atoms with van der Waals surface area (Å²) in [5.74, 6) is 0.261. The molecule has 0 unspecified atom stereocenters. The summed E-state index contributed by atoms with van der Waals surface area (Å²) in [6.45, 7) is 0. The van der Waals surface area contributed by atoms with Crippen molar-refractivity contribution in [3.63, 3.8) is 0 Å². The van der Waals surface area contributed by atoms with E-state index in [0.29, 0.717) is 24.2 Å². The van der Waals surface area contributed by atoms with E-state index in [1.807, 2.05) is 0 Å². The summed E-state index contributed by atoms with van der Waals surface area (Å²) in [5, 5.41) is 10.1. The lowest BCUT2D eigenvalue weighted by molar-refractivity contribution is -0.140. The molecule has 1 aliphatic heterocycles. The van der Waals surface area contributed by atoms with Gasteiger partial charge in [0.25, 0.3) is 0 Å². The van der Waals surface area contributed by atoms with Crippen molar-refractivity contribution < 1.29 is 19.4 Å². The molecular weight excluding hydrogens is 220 g/mol. The molecular formula is C13H12O4. The second kappa shape index (κ2) is 3.26. The Morgan fingerprint density at radius 1 is 1.41 bits per heavy atom. The van der Waals surface area contributed by atoms with Crippen LogP contribution in [0.15, 0.2) is 30.0 Å². The van der Waals surface area contributed by atoms with Crippen molar-refractivity contribution in [1.82, 2.24) is 0 Å². The van der Waals surface area contributed by atoms with Gasteiger partial charge in [0.1, 0.15) is 11.3 Å². The zero-order chi connectivity index (χ0) is 12.0. The van der Waals surface area contributed by atoms with Gasteiger partial charge < -0.3 is 14.6 Å². The third kappa shape index (κ3) is 1.40. The van der Waals surface area contributed by atoms with E-state index >= 15 is 0 Å². The number of aliphatic hydroxyl groups is 1. The van der Waals surface area contributed by atoms with Gasteiger partial charge in [0.2, 0.25) is 0 Å². The zero-order valence-corrected chi connectivity index (χ0v) is 9.40. The molecule has 4 nitrogen and oxygen atoms in total. The van der Waals surface area contributed by atoms with E-state index in [0.717, 1.165) is 0 Å². The molecule has 17 heavy (non-hydrogen) atoms. The Labute approximate surface area is 98.5 Å². The van der Waals surface area contributed by atoms with Crippen LogP contribution in [0.4, 0.5) is 0 Å². The first-order chi connectivity index (χ1) is 8.16. The Morgan fingerprint density at radius 3 is 2.76 bits per heavy atom. The van der Waals surface area contributed by atoms with Gasteiger partial charge in [-0.2, -0.15) is 0 Å². The molecule has 0 radical (unpaired) electrons. The van der Waals surface area contributed by atoms with Gasteiger partial charge in [-0.15, -0.1) is 0 Å². The molecule has 1 aromatic carbocycles. The van der Waals surface area contributed by atoms with Gasteiger partial charge in [-0.25, -0.2) is 4.79 Å². The summed E-state index contributed by atoms with van der Waals surface area (Å²) in [5.41, 5.74) is 0.187. The second-order valence-electron chi connectivity index (χ2n) is 4.34. The van der Waals surface area contributed by atoms with Crippen LogP contribution in [0, 0.1) is 0 Å². The monoisotopic (exact) mass is 232 g/mol. The fourth-order valence-corrected chi connectivity index (χ4v) is 2.09. The molecule has 4 heteroatoms. The Balaban J connectivity index is 2.08. The fourth-order valence-electron chi connectivity index (χ4n) is 2.09. The highest BCUT2D eigenvalue weighted by Gasteiger charge is 2.57. The largest absolute Gasteiger partial charge is 0.507 e. The minimum absolute atomic E-state index is 0.0655. The lowest BCUT2D eigenvalue weighted by Gasteiger charge is -2.04. The van der Waals surface area contributed by atoms with Crippen LogP contribution in [-0.4, -0.2) is 23.8 Å². The summed E-state index contributed by atoms with van der Waals surface area (Å²) in [7, 11) is 1.56. The molecule has 1 saturated carbocycles. The summed E-state index contributed by atoms with van der Waals surface area (Å²) in [6.07, 6.45) is 1.41. The molecule has 0 amide bonds. The van der Waals surface area contributed by atoms with Crippen molar-refractivity contribution in [1.29, 1.82) is 0 Å². The van der Waals surface area contributed by atoms with E-state index in [9.17, 15) is 9.90 Å². The molecule has 88 valence electrons. The van der Waals surface area contributed by atoms with Gasteiger partial charge in [-0.3, -0.25) is 0 Å². The predicted octanol–water partition coefficient (Wildman–Crippen LogP) is 2.05. The number of ether oxygens (including phenoxy) is 2. The van der Waals surface area contributed by atoms with Crippen LogP contribution in [0.3, 0.4) is 0 Å². The maximum Gasteiger partial charge on any atom is 0.343 e. The normalized spacial score (nSPS) is 20.6. The van der Waals surface area contributed by atoms with Crippen molar-refractivity contribution in [2.75, 3.05) is 7.11 Å². The van der Waals surface area contributed by atoms with E-state index < -0.39 is 11.6 Å². The summed E-state index contributed by atoms with van der Waals surface area (Å²) >= 11 is 0. The number of methoxy groups -OCH3 is 1. The van der Waals surface area contributed by atoms with Gasteiger partial charge in [0, 0.05) is 0 Å². The number of rotatable bonds is 2. The first-order valence-electron chi connectivity index (χ1n) is 5.48. The van der Waals surface area contributed by atoms with Crippen molar-refractivity contribution in [2.24, 2.45) is 0 Å². The van der Waals surface area contributed by atoms with Crippen molar-refractivity contribution in [3.8, 4) is 5.75 Å². The maximum absolute atomic E-state index is 11.8. The van der Waals surface area contributed by atoms with Gasteiger partial charge in [-0.1, -0.05) is 12.1 Å². The second-order valence-corrected chi connectivity index (χ2v) is 4.34. The first-order valence-corrected chi connectivity index (χ1v) is 5.48. The van der Waals surface area contributed by atoms with Crippen molar-refractivity contribution in [2.45, 2.75) is 18.4 Å². The van der Waals surface area contributed by atoms with Gasteiger partial charge >= 0.3 is 5.97 Å². The summed E-state index contributed by atoms with van der Waals surface area (Å²) < 4.78 is 10.3. The minimum Gasteiger partial charge on any atom is -0.507 e. The molecule has 1 spiro atoms. The number of hydrogen-bond acceptors (Lipinski definition) is 4. The number of benzene rings is 1.